The van der Waals surface area contributed by atoms with Gasteiger partial charge in [0.2, 0.25) is 0 Å². The minimum Gasteiger partial charge on any atom is -0.354 e. The van der Waals surface area contributed by atoms with Crippen LogP contribution in [0, 0.1) is 5.82 Å². The quantitative estimate of drug-likeness (QED) is 0.550. The highest BCUT2D eigenvalue weighted by atomic mass is 35.5. The van der Waals surface area contributed by atoms with E-state index in [0.29, 0.717) is 29.1 Å². The third-order valence-corrected chi connectivity index (χ3v) is 6.00. The third kappa shape index (κ3) is 4.01. The Balaban J connectivity index is 1.85. The normalized spacial score (nSPS) is 20.5. The molecule has 0 radical (unpaired) electrons. The van der Waals surface area contributed by atoms with Crippen LogP contribution in [0.25, 0.3) is 0 Å². The first kappa shape index (κ1) is 23.0. The second kappa shape index (κ2) is 8.30. The fourth-order valence-electron chi connectivity index (χ4n) is 4.03. The minimum atomic E-state index is -4.58. The molecule has 10 heteroatoms. The maximum absolute atomic E-state index is 13.7. The molecular weight excluding hydrogens is 460 g/mol. The smallest absolute Gasteiger partial charge is 0.354 e. The lowest BCUT2D eigenvalue weighted by molar-refractivity contribution is -0.141. The Morgan fingerprint density at radius 3 is 2.39 bits per heavy atom. The van der Waals surface area contributed by atoms with Gasteiger partial charge in [-0.2, -0.15) is 13.2 Å². The molecule has 1 N–H and O–H groups in total. The molecular formula is C23H19ClF4N4O. The van der Waals surface area contributed by atoms with Crippen molar-refractivity contribution in [1.29, 1.82) is 0 Å². The van der Waals surface area contributed by atoms with Gasteiger partial charge in [0.1, 0.15) is 27.9 Å². The van der Waals surface area contributed by atoms with Gasteiger partial charge in [-0.3, -0.25) is 14.8 Å². The molecule has 1 aliphatic heterocycles. The fourth-order valence-corrected chi connectivity index (χ4v) is 4.25. The van der Waals surface area contributed by atoms with Crippen molar-refractivity contribution in [2.24, 2.45) is 4.99 Å². The molecule has 3 aromatic rings. The predicted molar refractivity (Wildman–Crippen MR) is 117 cm³/mol. The van der Waals surface area contributed by atoms with Gasteiger partial charge in [0.15, 0.2) is 0 Å². The van der Waals surface area contributed by atoms with Crippen LogP contribution >= 0.6 is 11.6 Å². The summed E-state index contributed by atoms with van der Waals surface area (Å²) in [5.41, 5.74) is -0.938. The first-order valence-electron chi connectivity index (χ1n) is 10.1. The third-order valence-electron chi connectivity index (χ3n) is 5.73. The van der Waals surface area contributed by atoms with Crippen molar-refractivity contribution < 1.29 is 17.6 Å². The first-order valence-corrected chi connectivity index (χ1v) is 10.5. The zero-order chi connectivity index (χ0) is 24.0. The number of hydrogen-bond donors (Lipinski definition) is 1. The number of alkyl halides is 3. The van der Waals surface area contributed by atoms with E-state index in [1.807, 2.05) is 0 Å². The monoisotopic (exact) mass is 478 g/mol. The van der Waals surface area contributed by atoms with Gasteiger partial charge in [-0.15, -0.1) is 0 Å². The predicted octanol–water partition coefficient (Wildman–Crippen LogP) is 4.76. The Bertz CT molecular complexity index is 1270. The summed E-state index contributed by atoms with van der Waals surface area (Å²) in [7, 11) is 0. The summed E-state index contributed by atoms with van der Waals surface area (Å²) in [6.45, 7) is 3.98. The van der Waals surface area contributed by atoms with E-state index in [4.69, 9.17) is 16.6 Å². The lowest BCUT2D eigenvalue weighted by Gasteiger charge is -2.35. The van der Waals surface area contributed by atoms with E-state index in [2.05, 4.69) is 10.3 Å². The van der Waals surface area contributed by atoms with Crippen molar-refractivity contribution in [3.63, 3.8) is 0 Å². The van der Waals surface area contributed by atoms with E-state index >= 15 is 0 Å². The molecule has 1 aromatic carbocycles. The lowest BCUT2D eigenvalue weighted by atomic mass is 9.79. The summed E-state index contributed by atoms with van der Waals surface area (Å²) in [5, 5.41) is 3.33. The Labute approximate surface area is 191 Å². The van der Waals surface area contributed by atoms with Crippen LogP contribution in [0.2, 0.25) is 5.02 Å². The largest absolute Gasteiger partial charge is 0.433 e. The summed E-state index contributed by atoms with van der Waals surface area (Å²) in [6.07, 6.45) is -1.82. The molecule has 33 heavy (non-hydrogen) atoms. The number of pyridine rings is 2. The van der Waals surface area contributed by atoms with Crippen molar-refractivity contribution in [3.05, 3.63) is 98.4 Å². The van der Waals surface area contributed by atoms with Crippen molar-refractivity contribution in [2.75, 3.05) is 0 Å². The number of halogens is 5. The number of benzene rings is 1. The average molecular weight is 479 g/mol. The Kier molecular flexibility index (Phi) is 5.78. The van der Waals surface area contributed by atoms with Crippen LogP contribution in [-0.2, 0) is 18.3 Å². The summed E-state index contributed by atoms with van der Waals surface area (Å²) in [6, 6.07) is 8.86. The number of aromatic nitrogens is 2. The van der Waals surface area contributed by atoms with Crippen LogP contribution in [-0.4, -0.2) is 21.4 Å². The first-order chi connectivity index (χ1) is 15.6. The van der Waals surface area contributed by atoms with Crippen LogP contribution in [0.4, 0.5) is 17.6 Å². The van der Waals surface area contributed by atoms with Gasteiger partial charge < -0.3 is 9.88 Å². The number of nitrogens with one attached hydrogen (secondary N) is 1. The highest BCUT2D eigenvalue weighted by Crippen LogP contribution is 2.39. The average Bonchev–Trinajstić information content (AvgIpc) is 3.13. The molecule has 172 valence electrons. The zero-order valence-electron chi connectivity index (χ0n) is 17.6. The molecule has 0 unspecified atom stereocenters. The maximum Gasteiger partial charge on any atom is 0.433 e. The SMILES string of the molecule is CCn1cc(C2=N[C@@H](C)[C@](c3ccc(F)cc3)(c3ccc(C(F)(F)F)nc3)N2)cc(Cl)c1=O. The van der Waals surface area contributed by atoms with Gasteiger partial charge in [0.25, 0.3) is 5.56 Å². The van der Waals surface area contributed by atoms with Gasteiger partial charge in [-0.25, -0.2) is 4.39 Å². The molecule has 0 amide bonds. The van der Waals surface area contributed by atoms with Crippen LogP contribution in [0.15, 0.2) is 64.6 Å². The van der Waals surface area contributed by atoms with Gasteiger partial charge in [-0.1, -0.05) is 29.8 Å². The van der Waals surface area contributed by atoms with E-state index in [1.54, 1.807) is 32.2 Å². The van der Waals surface area contributed by atoms with E-state index in [0.717, 1.165) is 12.3 Å². The van der Waals surface area contributed by atoms with Crippen molar-refractivity contribution in [1.82, 2.24) is 14.9 Å². The highest BCUT2D eigenvalue weighted by Gasteiger charge is 2.46. The molecule has 1 aliphatic rings. The Morgan fingerprint density at radius 2 is 1.82 bits per heavy atom. The van der Waals surface area contributed by atoms with E-state index < -0.39 is 29.3 Å². The van der Waals surface area contributed by atoms with Crippen LogP contribution in [0.3, 0.4) is 0 Å². The van der Waals surface area contributed by atoms with E-state index in [-0.39, 0.29) is 10.6 Å². The molecule has 0 saturated heterocycles. The molecule has 0 spiro atoms. The summed E-state index contributed by atoms with van der Waals surface area (Å²) < 4.78 is 54.3. The Hall–Kier alpha value is -3.20. The minimum absolute atomic E-state index is 0.0157. The van der Waals surface area contributed by atoms with Crippen molar-refractivity contribution in [2.45, 2.75) is 38.1 Å². The van der Waals surface area contributed by atoms with Crippen molar-refractivity contribution in [3.8, 4) is 0 Å². The highest BCUT2D eigenvalue weighted by molar-refractivity contribution is 6.30. The molecule has 0 aliphatic carbocycles. The molecule has 0 saturated carbocycles. The summed E-state index contributed by atoms with van der Waals surface area (Å²) in [4.78, 5) is 20.5. The lowest BCUT2D eigenvalue weighted by Crippen LogP contribution is -2.48. The zero-order valence-corrected chi connectivity index (χ0v) is 18.4. The molecule has 0 bridgehead atoms. The van der Waals surface area contributed by atoms with Gasteiger partial charge >= 0.3 is 6.18 Å². The number of rotatable bonds is 4. The van der Waals surface area contributed by atoms with Gasteiger partial charge in [-0.05, 0) is 43.7 Å². The second-order valence-electron chi connectivity index (χ2n) is 7.69. The van der Waals surface area contributed by atoms with Crippen LogP contribution < -0.4 is 10.9 Å². The Morgan fingerprint density at radius 1 is 1.15 bits per heavy atom. The van der Waals surface area contributed by atoms with E-state index in [1.165, 1.54) is 28.8 Å². The summed E-state index contributed by atoms with van der Waals surface area (Å²) in [5.74, 6) is -0.0520. The van der Waals surface area contributed by atoms with Crippen LogP contribution in [0.5, 0.6) is 0 Å². The number of amidine groups is 1. The van der Waals surface area contributed by atoms with Crippen LogP contribution in [0.1, 0.15) is 36.2 Å². The molecule has 2 atom stereocenters. The molecule has 2 aromatic heterocycles. The number of nitrogens with zero attached hydrogens (tertiary/aromatic N) is 3. The number of aryl methyl sites for hydroxylation is 1. The molecule has 4 rings (SSSR count). The van der Waals surface area contributed by atoms with Gasteiger partial charge in [0.05, 0.1) is 6.04 Å². The molecule has 5 nitrogen and oxygen atoms in total. The molecule has 3 heterocycles. The second-order valence-corrected chi connectivity index (χ2v) is 8.10. The summed E-state index contributed by atoms with van der Waals surface area (Å²) >= 11 is 6.12. The van der Waals surface area contributed by atoms with Gasteiger partial charge in [0, 0.05) is 30.1 Å². The standard InChI is InChI=1S/C23H19ClF4N4O/c1-3-32-12-14(10-18(24)21(32)33)20-30-13(2)22(31-20,15-4-7-17(25)8-5-15)16-6-9-19(29-11-16)23(26,27)28/h4-13H,3H2,1-2H3,(H,30,31)/t13-,22-/m0/s1. The number of aliphatic imine (C=N–C) groups is 1. The van der Waals surface area contributed by atoms with Crippen molar-refractivity contribution >= 4 is 17.4 Å². The number of hydrogen-bond acceptors (Lipinski definition) is 4. The fraction of sp³-hybridized carbons (Fsp3) is 0.261. The molecule has 0 fully saturated rings. The van der Waals surface area contributed by atoms with E-state index in [9.17, 15) is 22.4 Å². The topological polar surface area (TPSA) is 59.3 Å². The maximum atomic E-state index is 13.7.